The third kappa shape index (κ3) is 8.46. The molecule has 0 bridgehead atoms. The second-order valence-corrected chi connectivity index (χ2v) is 10.1. The van der Waals surface area contributed by atoms with E-state index in [-0.39, 0.29) is 40.4 Å². The number of amides is 2. The molecule has 0 saturated heterocycles. The van der Waals surface area contributed by atoms with Gasteiger partial charge in [-0.15, -0.1) is 0 Å². The van der Waals surface area contributed by atoms with E-state index in [2.05, 4.69) is 35.9 Å². The molecule has 11 heteroatoms. The van der Waals surface area contributed by atoms with Crippen molar-refractivity contribution >= 4 is 41.1 Å². The van der Waals surface area contributed by atoms with Crippen molar-refractivity contribution in [1.82, 2.24) is 20.3 Å². The molecule has 0 spiro atoms. The molecule has 0 unspecified atom stereocenters. The number of rotatable bonds is 11. The van der Waals surface area contributed by atoms with Gasteiger partial charge in [0, 0.05) is 24.9 Å². The Morgan fingerprint density at radius 1 is 1.21 bits per heavy atom. The summed E-state index contributed by atoms with van der Waals surface area (Å²) in [5, 5.41) is 18.6. The number of aromatic nitrogens is 3. The minimum Gasteiger partial charge on any atom is -0.389 e. The number of nitrogens with zero attached hydrogens (tertiary/aromatic N) is 4. The third-order valence-electron chi connectivity index (χ3n) is 5.63. The second-order valence-electron chi connectivity index (χ2n) is 9.73. The van der Waals surface area contributed by atoms with Gasteiger partial charge in [-0.05, 0) is 59.1 Å². The lowest BCUT2D eigenvalue weighted by molar-refractivity contribution is 0.0694. The van der Waals surface area contributed by atoms with E-state index in [1.807, 2.05) is 26.8 Å². The number of carbonyl (C=O) groups excluding carboxylic acids is 2. The molecule has 1 saturated carbocycles. The molecule has 10 nitrogen and oxygen atoms in total. The van der Waals surface area contributed by atoms with E-state index in [4.69, 9.17) is 11.6 Å². The Kier molecular flexibility index (Phi) is 9.71. The predicted molar refractivity (Wildman–Crippen MR) is 150 cm³/mol. The number of anilines is 2. The summed E-state index contributed by atoms with van der Waals surface area (Å²) in [5.41, 5.74) is 1.68. The van der Waals surface area contributed by atoms with Gasteiger partial charge in [-0.3, -0.25) is 14.6 Å². The van der Waals surface area contributed by atoms with Crippen molar-refractivity contribution in [3.63, 3.8) is 0 Å². The SMILES string of the molecule is CC=N/C=C(\C=C(/C)CC)Nc1ncc(C2CC2)nc1C(=O)Nc1cnc(Cl)cc1C(=O)NCC(C)(C)O. The topological polar surface area (TPSA) is 141 Å². The first kappa shape index (κ1) is 28.9. The number of aliphatic hydroxyl groups is 1. The highest BCUT2D eigenvalue weighted by Gasteiger charge is 2.28. The molecule has 4 N–H and O–H groups in total. The van der Waals surface area contributed by atoms with Gasteiger partial charge in [0.1, 0.15) is 5.15 Å². The van der Waals surface area contributed by atoms with Crippen molar-refractivity contribution < 1.29 is 14.7 Å². The summed E-state index contributed by atoms with van der Waals surface area (Å²) in [6, 6.07) is 1.35. The van der Waals surface area contributed by atoms with Crippen LogP contribution >= 0.6 is 11.6 Å². The van der Waals surface area contributed by atoms with Crippen molar-refractivity contribution in [2.45, 2.75) is 65.4 Å². The molecule has 3 rings (SSSR count). The molecule has 2 aromatic rings. The zero-order valence-corrected chi connectivity index (χ0v) is 23.1. The largest absolute Gasteiger partial charge is 0.389 e. The van der Waals surface area contributed by atoms with Crippen molar-refractivity contribution in [3.8, 4) is 0 Å². The summed E-state index contributed by atoms with van der Waals surface area (Å²) < 4.78 is 0. The fraction of sp³-hybridized carbons (Fsp3) is 0.407. The molecule has 1 aliphatic carbocycles. The molecule has 2 heterocycles. The van der Waals surface area contributed by atoms with Crippen molar-refractivity contribution in [2.24, 2.45) is 4.99 Å². The smallest absolute Gasteiger partial charge is 0.278 e. The van der Waals surface area contributed by atoms with E-state index in [0.717, 1.165) is 30.5 Å². The number of halogens is 1. The quantitative estimate of drug-likeness (QED) is 0.181. The molecule has 2 aromatic heterocycles. The highest BCUT2D eigenvalue weighted by Crippen LogP contribution is 2.39. The molecular formula is C27H34ClN7O3. The van der Waals surface area contributed by atoms with E-state index in [9.17, 15) is 14.7 Å². The zero-order valence-electron chi connectivity index (χ0n) is 22.3. The van der Waals surface area contributed by atoms with E-state index in [1.165, 1.54) is 12.3 Å². The molecular weight excluding hydrogens is 506 g/mol. The second kappa shape index (κ2) is 12.7. The summed E-state index contributed by atoms with van der Waals surface area (Å²) in [6.07, 6.45) is 11.0. The third-order valence-corrected chi connectivity index (χ3v) is 5.84. The van der Waals surface area contributed by atoms with Gasteiger partial charge in [0.2, 0.25) is 0 Å². The van der Waals surface area contributed by atoms with Crippen LogP contribution in [0.2, 0.25) is 5.15 Å². The van der Waals surface area contributed by atoms with Crippen LogP contribution in [0, 0.1) is 0 Å². The van der Waals surface area contributed by atoms with Crippen LogP contribution in [0.25, 0.3) is 0 Å². The normalized spacial score (nSPS) is 14.5. The molecule has 0 aromatic carbocycles. The predicted octanol–water partition coefficient (Wildman–Crippen LogP) is 4.86. The zero-order chi connectivity index (χ0) is 27.9. The van der Waals surface area contributed by atoms with Gasteiger partial charge in [0.15, 0.2) is 11.5 Å². The monoisotopic (exact) mass is 539 g/mol. The maximum Gasteiger partial charge on any atom is 0.278 e. The summed E-state index contributed by atoms with van der Waals surface area (Å²) >= 11 is 6.04. The minimum absolute atomic E-state index is 0.00217. The number of hydrogen-bond acceptors (Lipinski definition) is 8. The number of aliphatic imine (C=N–C) groups is 1. The molecule has 0 radical (unpaired) electrons. The fourth-order valence-electron chi connectivity index (χ4n) is 3.28. The Morgan fingerprint density at radius 2 is 1.95 bits per heavy atom. The highest BCUT2D eigenvalue weighted by molar-refractivity contribution is 6.30. The Balaban J connectivity index is 1.95. The lowest BCUT2D eigenvalue weighted by atomic mass is 10.1. The van der Waals surface area contributed by atoms with E-state index in [0.29, 0.717) is 5.70 Å². The van der Waals surface area contributed by atoms with Crippen LogP contribution < -0.4 is 16.0 Å². The van der Waals surface area contributed by atoms with Crippen LogP contribution in [0.5, 0.6) is 0 Å². The number of carbonyl (C=O) groups is 2. The van der Waals surface area contributed by atoms with Gasteiger partial charge in [-0.25, -0.2) is 15.0 Å². The Labute approximate surface area is 227 Å². The first-order valence-electron chi connectivity index (χ1n) is 12.5. The van der Waals surface area contributed by atoms with Gasteiger partial charge in [-0.2, -0.15) is 0 Å². The van der Waals surface area contributed by atoms with E-state index in [1.54, 1.807) is 32.5 Å². The molecule has 0 aliphatic heterocycles. The standard InChI is InChI=1S/C27H34ClN7O3/c1-6-16(3)10-18(12-29-7-2)33-24-23(34-20(13-31-24)17-8-9-17)26(37)35-21-14-30-22(28)11-19(21)25(36)32-15-27(4,5)38/h7,10-14,17,38H,6,8-9,15H2,1-5H3,(H,31,33)(H,32,36)(H,35,37)/b16-10+,18-12+,29-7?. The van der Waals surface area contributed by atoms with Gasteiger partial charge < -0.3 is 21.1 Å². The van der Waals surface area contributed by atoms with Gasteiger partial charge in [0.05, 0.1) is 40.6 Å². The Morgan fingerprint density at radius 3 is 2.58 bits per heavy atom. The maximum absolute atomic E-state index is 13.5. The van der Waals surface area contributed by atoms with Crippen LogP contribution in [0.3, 0.4) is 0 Å². The first-order chi connectivity index (χ1) is 18.0. The molecule has 38 heavy (non-hydrogen) atoms. The van der Waals surface area contributed by atoms with Crippen LogP contribution in [0.4, 0.5) is 11.5 Å². The Bertz CT molecular complexity index is 1280. The average Bonchev–Trinajstić information content (AvgIpc) is 3.72. The van der Waals surface area contributed by atoms with Crippen molar-refractivity contribution in [2.75, 3.05) is 17.2 Å². The number of allylic oxidation sites excluding steroid dienone is 2. The molecule has 1 fully saturated rings. The summed E-state index contributed by atoms with van der Waals surface area (Å²) in [7, 11) is 0. The van der Waals surface area contributed by atoms with Crippen LogP contribution in [0.1, 0.15) is 86.3 Å². The molecule has 1 aliphatic rings. The minimum atomic E-state index is -1.12. The van der Waals surface area contributed by atoms with Crippen LogP contribution in [0.15, 0.2) is 47.0 Å². The number of nitrogens with one attached hydrogen (secondary N) is 3. The molecule has 202 valence electrons. The summed E-state index contributed by atoms with van der Waals surface area (Å²) in [6.45, 7) is 9.00. The van der Waals surface area contributed by atoms with Crippen molar-refractivity contribution in [3.05, 3.63) is 64.1 Å². The van der Waals surface area contributed by atoms with Gasteiger partial charge in [-0.1, -0.05) is 24.1 Å². The average molecular weight is 540 g/mol. The fourth-order valence-corrected chi connectivity index (χ4v) is 3.44. The maximum atomic E-state index is 13.5. The first-order valence-corrected chi connectivity index (χ1v) is 12.8. The summed E-state index contributed by atoms with van der Waals surface area (Å²) in [4.78, 5) is 43.7. The van der Waals surface area contributed by atoms with Crippen LogP contribution in [-0.2, 0) is 0 Å². The number of pyridine rings is 1. The van der Waals surface area contributed by atoms with E-state index >= 15 is 0 Å². The number of hydrogen-bond donors (Lipinski definition) is 4. The van der Waals surface area contributed by atoms with Crippen LogP contribution in [-0.4, -0.2) is 50.2 Å². The summed E-state index contributed by atoms with van der Waals surface area (Å²) in [5.74, 6) is -0.576. The Hall–Kier alpha value is -3.63. The molecule has 0 atom stereocenters. The van der Waals surface area contributed by atoms with Crippen molar-refractivity contribution in [1.29, 1.82) is 0 Å². The van der Waals surface area contributed by atoms with Gasteiger partial charge in [0.25, 0.3) is 11.8 Å². The lowest BCUT2D eigenvalue weighted by Gasteiger charge is -2.18. The lowest BCUT2D eigenvalue weighted by Crippen LogP contribution is -2.38. The highest BCUT2D eigenvalue weighted by atomic mass is 35.5. The van der Waals surface area contributed by atoms with Gasteiger partial charge >= 0.3 is 0 Å². The molecule has 2 amide bonds. The van der Waals surface area contributed by atoms with E-state index < -0.39 is 17.4 Å².